The van der Waals surface area contributed by atoms with Gasteiger partial charge in [0.15, 0.2) is 11.5 Å². The van der Waals surface area contributed by atoms with E-state index in [1.165, 1.54) is 32.1 Å². The molecule has 0 saturated carbocycles. The van der Waals surface area contributed by atoms with E-state index in [2.05, 4.69) is 10.2 Å². The van der Waals surface area contributed by atoms with Gasteiger partial charge in [-0.15, -0.1) is 0 Å². The molecule has 1 aliphatic heterocycles. The maximum atomic E-state index is 10.4. The number of methoxy groups -OCH3 is 2. The molecule has 0 amide bonds. The number of nitrogens with one attached hydrogen (secondary N) is 1. The Morgan fingerprint density at radius 2 is 1.81 bits per heavy atom. The number of likely N-dealkylation sites (tertiary alicyclic amines) is 1. The summed E-state index contributed by atoms with van der Waals surface area (Å²) in [6.07, 6.45) is 5.88. The minimum Gasteiger partial charge on any atom is -0.493 e. The number of hydrogen-bond donors (Lipinski definition) is 2. The van der Waals surface area contributed by atoms with Crippen LogP contribution in [0.3, 0.4) is 0 Å². The molecule has 6 nitrogen and oxygen atoms in total. The molecule has 0 unspecified atom stereocenters. The van der Waals surface area contributed by atoms with Gasteiger partial charge in [0.25, 0.3) is 0 Å². The lowest BCUT2D eigenvalue weighted by Gasteiger charge is -2.26. The minimum atomic E-state index is -0.502. The van der Waals surface area contributed by atoms with Gasteiger partial charge < -0.3 is 29.5 Å². The number of aliphatic hydroxyl groups excluding tert-OH is 1. The van der Waals surface area contributed by atoms with E-state index in [1.54, 1.807) is 14.2 Å². The first-order valence-corrected chi connectivity index (χ1v) is 10.1. The Bertz CT molecular complexity index is 519. The topological polar surface area (TPSA) is 63.2 Å². The Labute approximate surface area is 163 Å². The van der Waals surface area contributed by atoms with Gasteiger partial charge in [-0.1, -0.05) is 25.3 Å². The Morgan fingerprint density at radius 1 is 1.07 bits per heavy atom. The molecule has 0 bridgehead atoms. The summed E-state index contributed by atoms with van der Waals surface area (Å²) >= 11 is 0. The van der Waals surface area contributed by atoms with Crippen LogP contribution in [0, 0.1) is 0 Å². The molecule has 1 aliphatic rings. The predicted octanol–water partition coefficient (Wildman–Crippen LogP) is 2.44. The Balaban J connectivity index is 1.82. The fraction of sp³-hybridized carbons (Fsp3) is 0.714. The van der Waals surface area contributed by atoms with Crippen LogP contribution in [0.15, 0.2) is 18.2 Å². The van der Waals surface area contributed by atoms with Crippen molar-refractivity contribution in [2.24, 2.45) is 0 Å². The van der Waals surface area contributed by atoms with Gasteiger partial charge in [0, 0.05) is 26.7 Å². The highest BCUT2D eigenvalue weighted by molar-refractivity contribution is 5.43. The molecule has 1 aromatic carbocycles. The highest BCUT2D eigenvalue weighted by Crippen LogP contribution is 2.28. The summed E-state index contributed by atoms with van der Waals surface area (Å²) in [6, 6.07) is 5.90. The first kappa shape index (κ1) is 22.0. The number of aliphatic hydroxyl groups is 1. The quantitative estimate of drug-likeness (QED) is 0.575. The van der Waals surface area contributed by atoms with E-state index >= 15 is 0 Å². The van der Waals surface area contributed by atoms with Crippen molar-refractivity contribution in [2.45, 2.75) is 44.8 Å². The molecular weight excluding hydrogens is 344 g/mol. The fourth-order valence-corrected chi connectivity index (χ4v) is 3.38. The fourth-order valence-electron chi connectivity index (χ4n) is 3.38. The van der Waals surface area contributed by atoms with Gasteiger partial charge in [0.05, 0.1) is 13.7 Å². The zero-order valence-electron chi connectivity index (χ0n) is 16.9. The van der Waals surface area contributed by atoms with Crippen LogP contribution in [0.2, 0.25) is 0 Å². The molecule has 1 saturated heterocycles. The van der Waals surface area contributed by atoms with Gasteiger partial charge >= 0.3 is 0 Å². The van der Waals surface area contributed by atoms with Crippen LogP contribution in [0.1, 0.15) is 37.7 Å². The van der Waals surface area contributed by atoms with E-state index in [0.717, 1.165) is 31.7 Å². The standard InChI is InChI=1S/C21H36N2O4/c1-25-13-10-22-15-18-8-9-20(26-2)21(14-18)27-17-19(24)16-23-11-6-4-3-5-7-12-23/h8-9,14,19,22,24H,3-7,10-13,15-17H2,1-2H3/t19-/m0/s1. The van der Waals surface area contributed by atoms with Crippen molar-refractivity contribution in [2.75, 3.05) is 53.6 Å². The molecular formula is C21H36N2O4. The van der Waals surface area contributed by atoms with Gasteiger partial charge in [-0.05, 0) is 43.6 Å². The molecule has 0 aliphatic carbocycles. The lowest BCUT2D eigenvalue weighted by molar-refractivity contribution is 0.0644. The van der Waals surface area contributed by atoms with Crippen LogP contribution in [0.4, 0.5) is 0 Å². The van der Waals surface area contributed by atoms with Crippen LogP contribution in [0.25, 0.3) is 0 Å². The monoisotopic (exact) mass is 380 g/mol. The lowest BCUT2D eigenvalue weighted by atomic mass is 10.1. The first-order chi connectivity index (χ1) is 13.2. The maximum absolute atomic E-state index is 10.4. The highest BCUT2D eigenvalue weighted by atomic mass is 16.5. The Hall–Kier alpha value is -1.34. The van der Waals surface area contributed by atoms with E-state index in [0.29, 0.717) is 24.7 Å². The number of benzene rings is 1. The maximum Gasteiger partial charge on any atom is 0.161 e. The second-order valence-corrected chi connectivity index (χ2v) is 7.19. The molecule has 1 atom stereocenters. The molecule has 154 valence electrons. The normalized spacial score (nSPS) is 17.1. The van der Waals surface area contributed by atoms with Crippen LogP contribution in [-0.2, 0) is 11.3 Å². The van der Waals surface area contributed by atoms with Crippen LogP contribution >= 0.6 is 0 Å². The minimum absolute atomic E-state index is 0.271. The van der Waals surface area contributed by atoms with Crippen LogP contribution in [0.5, 0.6) is 11.5 Å². The average molecular weight is 381 g/mol. The molecule has 2 N–H and O–H groups in total. The smallest absolute Gasteiger partial charge is 0.161 e. The summed E-state index contributed by atoms with van der Waals surface area (Å²) in [5, 5.41) is 13.7. The lowest BCUT2D eigenvalue weighted by Crippen LogP contribution is -2.37. The average Bonchev–Trinajstić information content (AvgIpc) is 2.65. The van der Waals surface area contributed by atoms with Crippen molar-refractivity contribution in [3.05, 3.63) is 23.8 Å². The largest absolute Gasteiger partial charge is 0.493 e. The molecule has 2 rings (SSSR count). The second-order valence-electron chi connectivity index (χ2n) is 7.19. The van der Waals surface area contributed by atoms with Crippen molar-refractivity contribution in [1.29, 1.82) is 0 Å². The second kappa shape index (κ2) is 12.9. The Morgan fingerprint density at radius 3 is 2.52 bits per heavy atom. The van der Waals surface area contributed by atoms with Crippen molar-refractivity contribution in [3.63, 3.8) is 0 Å². The molecule has 27 heavy (non-hydrogen) atoms. The number of rotatable bonds is 11. The van der Waals surface area contributed by atoms with E-state index in [4.69, 9.17) is 14.2 Å². The molecule has 1 aromatic rings. The molecule has 6 heteroatoms. The van der Waals surface area contributed by atoms with Gasteiger partial charge in [-0.25, -0.2) is 0 Å². The summed E-state index contributed by atoms with van der Waals surface area (Å²) in [4.78, 5) is 2.36. The summed E-state index contributed by atoms with van der Waals surface area (Å²) in [6.45, 7) is 5.30. The SMILES string of the molecule is COCCNCc1ccc(OC)c(OC[C@@H](O)CN2CCCCCCC2)c1. The van der Waals surface area contributed by atoms with Crippen LogP contribution < -0.4 is 14.8 Å². The number of ether oxygens (including phenoxy) is 3. The van der Waals surface area contributed by atoms with Crippen molar-refractivity contribution in [1.82, 2.24) is 10.2 Å². The zero-order chi connectivity index (χ0) is 19.3. The molecule has 1 fully saturated rings. The Kier molecular flexibility index (Phi) is 10.5. The van der Waals surface area contributed by atoms with E-state index in [-0.39, 0.29) is 6.61 Å². The van der Waals surface area contributed by atoms with Crippen LogP contribution in [-0.4, -0.2) is 69.7 Å². The molecule has 0 spiro atoms. The van der Waals surface area contributed by atoms with E-state index in [9.17, 15) is 5.11 Å². The van der Waals surface area contributed by atoms with E-state index < -0.39 is 6.10 Å². The summed E-state index contributed by atoms with van der Waals surface area (Å²) in [5.74, 6) is 1.37. The predicted molar refractivity (Wildman–Crippen MR) is 108 cm³/mol. The molecule has 1 heterocycles. The van der Waals surface area contributed by atoms with Gasteiger partial charge in [0.1, 0.15) is 12.7 Å². The molecule has 0 radical (unpaired) electrons. The van der Waals surface area contributed by atoms with Gasteiger partial charge in [0.2, 0.25) is 0 Å². The van der Waals surface area contributed by atoms with Crippen molar-refractivity contribution >= 4 is 0 Å². The third-order valence-corrected chi connectivity index (χ3v) is 4.89. The van der Waals surface area contributed by atoms with E-state index in [1.807, 2.05) is 18.2 Å². The third-order valence-electron chi connectivity index (χ3n) is 4.89. The highest BCUT2D eigenvalue weighted by Gasteiger charge is 2.15. The summed E-state index contributed by atoms with van der Waals surface area (Å²) in [7, 11) is 3.33. The zero-order valence-corrected chi connectivity index (χ0v) is 16.9. The number of β-amino-alcohol motifs (C(OH)–C–C–N with tert-alkyl or cyclic N) is 1. The van der Waals surface area contributed by atoms with Crippen molar-refractivity contribution in [3.8, 4) is 11.5 Å². The van der Waals surface area contributed by atoms with Gasteiger partial charge in [-0.2, -0.15) is 0 Å². The van der Waals surface area contributed by atoms with Gasteiger partial charge in [-0.3, -0.25) is 0 Å². The summed E-state index contributed by atoms with van der Waals surface area (Å²) < 4.78 is 16.3. The first-order valence-electron chi connectivity index (χ1n) is 10.1. The molecule has 0 aromatic heterocycles. The summed E-state index contributed by atoms with van der Waals surface area (Å²) in [5.41, 5.74) is 1.11. The number of hydrogen-bond acceptors (Lipinski definition) is 6. The number of nitrogens with zero attached hydrogens (tertiary/aromatic N) is 1. The third kappa shape index (κ3) is 8.47. The van der Waals surface area contributed by atoms with Crippen molar-refractivity contribution < 1.29 is 19.3 Å².